The van der Waals surface area contributed by atoms with Crippen LogP contribution in [0.4, 0.5) is 0 Å². The van der Waals surface area contributed by atoms with Crippen LogP contribution in [0.1, 0.15) is 13.8 Å². The fourth-order valence-electron chi connectivity index (χ4n) is 0. The predicted octanol–water partition coefficient (Wildman–Crippen LogP) is -0.859. The van der Waals surface area contributed by atoms with E-state index in [0.29, 0.717) is 6.29 Å². The second kappa shape index (κ2) is 38.7. The highest BCUT2D eigenvalue weighted by atomic mass is 16.3. The van der Waals surface area contributed by atoms with Crippen molar-refractivity contribution in [2.75, 3.05) is 19.8 Å². The van der Waals surface area contributed by atoms with Gasteiger partial charge in [-0.1, -0.05) is 0 Å². The topological polar surface area (TPSA) is 83.6 Å². The summed E-state index contributed by atoms with van der Waals surface area (Å²) >= 11 is 0. The molecule has 0 saturated carbocycles. The summed E-state index contributed by atoms with van der Waals surface area (Å²) in [5, 5.41) is 15.1. The van der Waals surface area contributed by atoms with Gasteiger partial charge in [-0.25, -0.2) is 0 Å². The molecular weight excluding hydrogens is 134 g/mol. The van der Waals surface area contributed by atoms with Crippen LogP contribution in [0.15, 0.2) is 0 Å². The summed E-state index contributed by atoms with van der Waals surface area (Å²) < 4.78 is 0. The van der Waals surface area contributed by atoms with Crippen molar-refractivity contribution in [2.45, 2.75) is 13.8 Å². The summed E-state index contributed by atoms with van der Waals surface area (Å²) in [7, 11) is 0. The van der Waals surface area contributed by atoms with Crippen LogP contribution < -0.4 is 5.73 Å². The first kappa shape index (κ1) is 16.3. The number of hydrogen-bond donors (Lipinski definition) is 3. The maximum Gasteiger partial charge on any atom is 0.133 e. The molecule has 0 spiro atoms. The Hall–Kier alpha value is -0.450. The molecule has 0 aromatic carbocycles. The third-order valence-corrected chi connectivity index (χ3v) is 0.0962. The van der Waals surface area contributed by atoms with E-state index in [1.54, 1.807) is 13.8 Å². The second-order valence-corrected chi connectivity index (χ2v) is 1.03. The largest absolute Gasteiger partial charge is 0.397 e. The van der Waals surface area contributed by atoms with Crippen molar-refractivity contribution in [3.05, 3.63) is 0 Å². The van der Waals surface area contributed by atoms with E-state index in [0.717, 1.165) is 0 Å². The fourth-order valence-corrected chi connectivity index (χ4v) is 0. The smallest absolute Gasteiger partial charge is 0.133 e. The molecule has 4 N–H and O–H groups in total. The number of carbonyl (C=O) groups excluding carboxylic acids is 1. The molecule has 0 aliphatic heterocycles. The van der Waals surface area contributed by atoms with E-state index in [4.69, 9.17) is 15.0 Å². The SMILES string of the molecule is CCO.CCO.NCC=O. The zero-order chi connectivity index (χ0) is 8.83. The number of rotatable bonds is 1. The quantitative estimate of drug-likeness (QED) is 0.426. The van der Waals surface area contributed by atoms with Crippen molar-refractivity contribution >= 4 is 6.29 Å². The van der Waals surface area contributed by atoms with Crippen LogP contribution in [-0.4, -0.2) is 36.3 Å². The molecule has 0 bridgehead atoms. The van der Waals surface area contributed by atoms with Crippen molar-refractivity contribution in [1.29, 1.82) is 0 Å². The molecule has 64 valence electrons. The van der Waals surface area contributed by atoms with Gasteiger partial charge in [0, 0.05) is 19.8 Å². The van der Waals surface area contributed by atoms with Crippen molar-refractivity contribution < 1.29 is 15.0 Å². The van der Waals surface area contributed by atoms with Gasteiger partial charge in [-0.2, -0.15) is 0 Å². The molecule has 10 heavy (non-hydrogen) atoms. The maximum absolute atomic E-state index is 9.05. The lowest BCUT2D eigenvalue weighted by Crippen LogP contribution is -1.97. The summed E-state index contributed by atoms with van der Waals surface area (Å²) in [5.41, 5.74) is 4.66. The third kappa shape index (κ3) is 1070. The lowest BCUT2D eigenvalue weighted by molar-refractivity contribution is -0.106. The molecule has 0 radical (unpaired) electrons. The summed E-state index contributed by atoms with van der Waals surface area (Å²) in [6, 6.07) is 0. The van der Waals surface area contributed by atoms with Crippen LogP contribution in [0.25, 0.3) is 0 Å². The van der Waals surface area contributed by atoms with Crippen molar-refractivity contribution in [3.8, 4) is 0 Å². The van der Waals surface area contributed by atoms with E-state index >= 15 is 0 Å². The average Bonchev–Trinajstić information content (AvgIpc) is 1.91. The molecule has 0 fully saturated rings. The molecule has 0 atom stereocenters. The molecule has 0 aliphatic carbocycles. The standard InChI is InChI=1S/C2H5NO.2C2H6O/c3-1-2-4;2*1-2-3/h2H,1,3H2;2*3H,2H2,1H3. The minimum absolute atomic E-state index is 0.139. The first-order chi connectivity index (χ1) is 4.74. The zero-order valence-corrected chi connectivity index (χ0v) is 6.58. The minimum Gasteiger partial charge on any atom is -0.397 e. The number of aliphatic hydroxyl groups excluding tert-OH is 2. The lowest BCUT2D eigenvalue weighted by Gasteiger charge is -1.55. The summed E-state index contributed by atoms with van der Waals surface area (Å²) in [5.74, 6) is 0. The van der Waals surface area contributed by atoms with E-state index in [1.165, 1.54) is 0 Å². The Bertz CT molecular complexity index is 40.0. The molecule has 0 aromatic rings. The maximum atomic E-state index is 9.05. The van der Waals surface area contributed by atoms with E-state index < -0.39 is 0 Å². The molecule has 4 heteroatoms. The van der Waals surface area contributed by atoms with Crippen LogP contribution in [0.3, 0.4) is 0 Å². The molecule has 0 aliphatic rings. The number of hydrogen-bond acceptors (Lipinski definition) is 4. The van der Waals surface area contributed by atoms with Crippen LogP contribution in [-0.2, 0) is 4.79 Å². The number of nitrogens with two attached hydrogens (primary N) is 1. The van der Waals surface area contributed by atoms with Gasteiger partial charge in [-0.05, 0) is 13.8 Å². The zero-order valence-electron chi connectivity index (χ0n) is 6.58. The summed E-state index contributed by atoms with van der Waals surface area (Å²) in [4.78, 5) is 9.05. The van der Waals surface area contributed by atoms with Gasteiger partial charge in [0.15, 0.2) is 0 Å². The average molecular weight is 151 g/mol. The van der Waals surface area contributed by atoms with Gasteiger partial charge in [-0.3, -0.25) is 0 Å². The van der Waals surface area contributed by atoms with Gasteiger partial charge >= 0.3 is 0 Å². The number of carbonyl (C=O) groups is 1. The molecule has 0 aromatic heterocycles. The Balaban J connectivity index is -0.0000000750. The minimum atomic E-state index is 0.139. The Morgan fingerprint density at radius 1 is 1.30 bits per heavy atom. The number of aldehydes is 1. The van der Waals surface area contributed by atoms with Crippen LogP contribution in [0.2, 0.25) is 0 Å². The molecule has 0 rings (SSSR count). The van der Waals surface area contributed by atoms with Gasteiger partial charge in [0.05, 0.1) is 0 Å². The van der Waals surface area contributed by atoms with Gasteiger partial charge in [0.2, 0.25) is 0 Å². The van der Waals surface area contributed by atoms with Gasteiger partial charge in [-0.15, -0.1) is 0 Å². The predicted molar refractivity (Wildman–Crippen MR) is 40.6 cm³/mol. The van der Waals surface area contributed by atoms with E-state index in [9.17, 15) is 0 Å². The first-order valence-electron chi connectivity index (χ1n) is 3.10. The van der Waals surface area contributed by atoms with Gasteiger partial charge in [0.25, 0.3) is 0 Å². The summed E-state index contributed by atoms with van der Waals surface area (Å²) in [6.45, 7) is 4.00. The number of aliphatic hydroxyl groups is 2. The van der Waals surface area contributed by atoms with E-state index in [2.05, 4.69) is 5.73 Å². The van der Waals surface area contributed by atoms with Crippen molar-refractivity contribution in [2.24, 2.45) is 5.73 Å². The van der Waals surface area contributed by atoms with Gasteiger partial charge < -0.3 is 20.7 Å². The molecule has 0 amide bonds. The Labute approximate surface area is 61.7 Å². The van der Waals surface area contributed by atoms with Crippen LogP contribution in [0, 0.1) is 0 Å². The van der Waals surface area contributed by atoms with Crippen molar-refractivity contribution in [1.82, 2.24) is 0 Å². The van der Waals surface area contributed by atoms with Crippen molar-refractivity contribution in [3.63, 3.8) is 0 Å². The van der Waals surface area contributed by atoms with E-state index in [1.807, 2.05) is 0 Å². The Morgan fingerprint density at radius 2 is 1.40 bits per heavy atom. The highest BCUT2D eigenvalue weighted by Gasteiger charge is 1.51. The molecule has 4 nitrogen and oxygen atoms in total. The summed E-state index contributed by atoms with van der Waals surface area (Å²) in [6.07, 6.45) is 0.653. The lowest BCUT2D eigenvalue weighted by atomic mass is 10.8. The highest BCUT2D eigenvalue weighted by Crippen LogP contribution is 1.30. The first-order valence-corrected chi connectivity index (χ1v) is 3.10. The third-order valence-electron chi connectivity index (χ3n) is 0.0962. The molecular formula is C6H17NO3. The Morgan fingerprint density at radius 3 is 1.40 bits per heavy atom. The van der Waals surface area contributed by atoms with E-state index in [-0.39, 0.29) is 19.8 Å². The van der Waals surface area contributed by atoms with Crippen LogP contribution >= 0.6 is 0 Å². The fraction of sp³-hybridized carbons (Fsp3) is 0.833. The Kier molecular flexibility index (Phi) is 62.9. The van der Waals surface area contributed by atoms with Gasteiger partial charge in [0.1, 0.15) is 6.29 Å². The second-order valence-electron chi connectivity index (χ2n) is 1.03. The molecule has 0 heterocycles. The molecule has 0 unspecified atom stereocenters. The monoisotopic (exact) mass is 151 g/mol. The highest BCUT2D eigenvalue weighted by molar-refractivity contribution is 5.51. The normalized spacial score (nSPS) is 6.10. The van der Waals surface area contributed by atoms with Crippen LogP contribution in [0.5, 0.6) is 0 Å². The molecule has 0 saturated heterocycles.